The molecule has 0 bridgehead atoms. The van der Waals surface area contributed by atoms with Gasteiger partial charge in [-0.3, -0.25) is 9.59 Å². The molecule has 0 saturated heterocycles. The molecule has 2 amide bonds. The van der Waals surface area contributed by atoms with Crippen LogP contribution in [0.1, 0.15) is 12.5 Å². The number of carbonyl (C=O) groups excluding carboxylic acids is 2. The summed E-state index contributed by atoms with van der Waals surface area (Å²) >= 11 is 5.84. The smallest absolute Gasteiger partial charge is 0.265 e. The van der Waals surface area contributed by atoms with E-state index in [0.717, 1.165) is 5.56 Å². The maximum Gasteiger partial charge on any atom is 0.265 e. The molecule has 1 atom stereocenters. The molecule has 2 aromatic carbocycles. The van der Waals surface area contributed by atoms with Crippen LogP contribution in [0, 0.1) is 0 Å². The van der Waals surface area contributed by atoms with E-state index in [1.807, 2.05) is 6.07 Å². The van der Waals surface area contributed by atoms with Crippen LogP contribution in [-0.2, 0) is 9.59 Å². The third-order valence-electron chi connectivity index (χ3n) is 3.83. The van der Waals surface area contributed by atoms with Crippen molar-refractivity contribution in [1.82, 2.24) is 10.7 Å². The van der Waals surface area contributed by atoms with E-state index in [1.165, 1.54) is 0 Å². The summed E-state index contributed by atoms with van der Waals surface area (Å²) in [6.07, 6.45) is -0.813. The van der Waals surface area contributed by atoms with E-state index in [-0.39, 0.29) is 13.2 Å². The Morgan fingerprint density at radius 3 is 2.59 bits per heavy atom. The fourth-order valence-electron chi connectivity index (χ4n) is 2.37. The Hall–Kier alpha value is -3.06. The number of hydrogen-bond donors (Lipinski definition) is 2. The van der Waals surface area contributed by atoms with E-state index < -0.39 is 17.9 Å². The van der Waals surface area contributed by atoms with E-state index in [9.17, 15) is 9.59 Å². The van der Waals surface area contributed by atoms with E-state index in [1.54, 1.807) is 49.4 Å². The molecule has 1 heterocycles. The second kappa shape index (κ2) is 8.55. The molecule has 3 rings (SSSR count). The highest BCUT2D eigenvalue weighted by Crippen LogP contribution is 2.30. The van der Waals surface area contributed by atoms with Crippen LogP contribution in [0.4, 0.5) is 0 Å². The Morgan fingerprint density at radius 2 is 1.85 bits per heavy atom. The Labute approximate surface area is 161 Å². The molecule has 0 aliphatic carbocycles. The maximum atomic E-state index is 12.2. The number of fused-ring (bicyclic) bond motifs is 1. The van der Waals surface area contributed by atoms with Crippen LogP contribution in [0.25, 0.3) is 0 Å². The topological polar surface area (TPSA) is 89.0 Å². The molecular formula is C19H18ClN3O4. The number of ether oxygens (including phenoxy) is 2. The number of nitrogens with zero attached hydrogens (tertiary/aromatic N) is 1. The number of hydrogen-bond acceptors (Lipinski definition) is 5. The molecule has 0 aromatic heterocycles. The largest absolute Gasteiger partial charge is 0.485 e. The highest BCUT2D eigenvalue weighted by atomic mass is 35.5. The predicted octanol–water partition coefficient (Wildman–Crippen LogP) is 2.14. The average Bonchev–Trinajstić information content (AvgIpc) is 2.70. The van der Waals surface area contributed by atoms with Crippen molar-refractivity contribution in [3.8, 4) is 11.5 Å². The summed E-state index contributed by atoms with van der Waals surface area (Å²) in [5.41, 5.74) is 3.85. The number of benzene rings is 2. The van der Waals surface area contributed by atoms with Crippen LogP contribution < -0.4 is 20.2 Å². The molecule has 0 saturated carbocycles. The zero-order chi connectivity index (χ0) is 19.2. The van der Waals surface area contributed by atoms with E-state index in [2.05, 4.69) is 15.8 Å². The fraction of sp³-hybridized carbons (Fsp3) is 0.211. The minimum absolute atomic E-state index is 0.0816. The molecule has 8 heteroatoms. The lowest BCUT2D eigenvalue weighted by atomic mass is 10.1. The predicted molar refractivity (Wildman–Crippen MR) is 101 cm³/mol. The first-order valence-corrected chi connectivity index (χ1v) is 8.66. The molecular weight excluding hydrogens is 370 g/mol. The molecule has 0 spiro atoms. The Morgan fingerprint density at radius 1 is 1.15 bits per heavy atom. The van der Waals surface area contributed by atoms with Gasteiger partial charge in [-0.15, -0.1) is 0 Å². The average molecular weight is 388 g/mol. The monoisotopic (exact) mass is 387 g/mol. The zero-order valence-electron chi connectivity index (χ0n) is 14.6. The summed E-state index contributed by atoms with van der Waals surface area (Å²) in [6.45, 7) is 1.61. The molecule has 1 aliphatic rings. The van der Waals surface area contributed by atoms with E-state index in [0.29, 0.717) is 22.2 Å². The van der Waals surface area contributed by atoms with Crippen LogP contribution in [0.5, 0.6) is 11.5 Å². The fourth-order valence-corrected chi connectivity index (χ4v) is 2.50. The van der Waals surface area contributed by atoms with E-state index >= 15 is 0 Å². The minimum Gasteiger partial charge on any atom is -0.485 e. The SMILES string of the molecule is CC(=NNC(=O)CNC(=O)C1COc2ccccc2O1)c1ccc(Cl)cc1. The van der Waals surface area contributed by atoms with Crippen molar-refractivity contribution in [2.45, 2.75) is 13.0 Å². The standard InChI is InChI=1S/C19H18ClN3O4/c1-12(13-6-8-14(20)9-7-13)22-23-18(24)10-21-19(25)17-11-26-15-4-2-3-5-16(15)27-17/h2-9,17H,10-11H2,1H3,(H,21,25)(H,23,24). The number of para-hydroxylation sites is 2. The van der Waals surface area contributed by atoms with Crippen molar-refractivity contribution < 1.29 is 19.1 Å². The van der Waals surface area contributed by atoms with Gasteiger partial charge in [0, 0.05) is 5.02 Å². The minimum atomic E-state index is -0.813. The van der Waals surface area contributed by atoms with Crippen LogP contribution >= 0.6 is 11.6 Å². The van der Waals surface area contributed by atoms with Gasteiger partial charge in [0.25, 0.3) is 11.8 Å². The molecule has 1 aliphatic heterocycles. The quantitative estimate of drug-likeness (QED) is 0.607. The van der Waals surface area contributed by atoms with Crippen molar-refractivity contribution in [2.75, 3.05) is 13.2 Å². The number of amides is 2. The highest BCUT2D eigenvalue weighted by Gasteiger charge is 2.27. The summed E-state index contributed by atoms with van der Waals surface area (Å²) in [4.78, 5) is 24.1. The van der Waals surface area contributed by atoms with Gasteiger partial charge in [0.1, 0.15) is 6.61 Å². The van der Waals surface area contributed by atoms with Crippen LogP contribution in [0.15, 0.2) is 53.6 Å². The third-order valence-corrected chi connectivity index (χ3v) is 4.09. The van der Waals surface area contributed by atoms with Gasteiger partial charge in [0.15, 0.2) is 11.5 Å². The van der Waals surface area contributed by atoms with Gasteiger partial charge in [0.2, 0.25) is 6.10 Å². The Balaban J connectivity index is 1.47. The molecule has 140 valence electrons. The number of halogens is 1. The van der Waals surface area contributed by atoms with Crippen LogP contribution in [0.3, 0.4) is 0 Å². The number of rotatable bonds is 5. The Kier molecular flexibility index (Phi) is 5.93. The number of nitrogens with one attached hydrogen (secondary N) is 2. The zero-order valence-corrected chi connectivity index (χ0v) is 15.3. The Bertz CT molecular complexity index is 868. The van der Waals surface area contributed by atoms with Gasteiger partial charge < -0.3 is 14.8 Å². The lowest BCUT2D eigenvalue weighted by molar-refractivity contribution is -0.132. The van der Waals surface area contributed by atoms with Gasteiger partial charge in [0.05, 0.1) is 12.3 Å². The summed E-state index contributed by atoms with van der Waals surface area (Å²) < 4.78 is 11.1. The van der Waals surface area contributed by atoms with Gasteiger partial charge in [-0.25, -0.2) is 5.43 Å². The van der Waals surface area contributed by atoms with Crippen molar-refractivity contribution in [1.29, 1.82) is 0 Å². The highest BCUT2D eigenvalue weighted by molar-refractivity contribution is 6.30. The maximum absolute atomic E-state index is 12.2. The molecule has 2 N–H and O–H groups in total. The molecule has 2 aromatic rings. The van der Waals surface area contributed by atoms with Gasteiger partial charge in [-0.1, -0.05) is 35.9 Å². The normalized spacial score (nSPS) is 15.8. The summed E-state index contributed by atoms with van der Waals surface area (Å²) in [7, 11) is 0. The molecule has 27 heavy (non-hydrogen) atoms. The summed E-state index contributed by atoms with van der Waals surface area (Å²) in [6, 6.07) is 14.2. The molecule has 0 fully saturated rings. The summed E-state index contributed by atoms with van der Waals surface area (Å²) in [5.74, 6) is 0.203. The van der Waals surface area contributed by atoms with E-state index in [4.69, 9.17) is 21.1 Å². The van der Waals surface area contributed by atoms with Gasteiger partial charge >= 0.3 is 0 Å². The number of carbonyl (C=O) groups is 2. The van der Waals surface area contributed by atoms with Crippen LogP contribution in [0.2, 0.25) is 5.02 Å². The van der Waals surface area contributed by atoms with Crippen LogP contribution in [-0.4, -0.2) is 36.8 Å². The molecule has 7 nitrogen and oxygen atoms in total. The second-order valence-corrected chi connectivity index (χ2v) is 6.26. The van der Waals surface area contributed by atoms with Gasteiger partial charge in [-0.2, -0.15) is 5.10 Å². The first-order chi connectivity index (χ1) is 13.0. The number of hydrazone groups is 1. The first kappa shape index (κ1) is 18.7. The van der Waals surface area contributed by atoms with Crippen molar-refractivity contribution >= 4 is 29.1 Å². The second-order valence-electron chi connectivity index (χ2n) is 5.82. The van der Waals surface area contributed by atoms with Crippen molar-refractivity contribution in [3.05, 3.63) is 59.1 Å². The first-order valence-electron chi connectivity index (χ1n) is 8.28. The lowest BCUT2D eigenvalue weighted by Gasteiger charge is -2.25. The molecule has 0 radical (unpaired) electrons. The summed E-state index contributed by atoms with van der Waals surface area (Å²) in [5, 5.41) is 7.14. The lowest BCUT2D eigenvalue weighted by Crippen LogP contribution is -2.46. The third kappa shape index (κ3) is 4.98. The molecule has 1 unspecified atom stereocenters. The van der Waals surface area contributed by atoms with Crippen molar-refractivity contribution in [2.24, 2.45) is 5.10 Å². The van der Waals surface area contributed by atoms with Gasteiger partial charge in [-0.05, 0) is 36.8 Å². The van der Waals surface area contributed by atoms with Crippen molar-refractivity contribution in [3.63, 3.8) is 0 Å².